The lowest BCUT2D eigenvalue weighted by Gasteiger charge is -2.17. The average molecular weight is 498 g/mol. The standard InChI is InChI=1S/C27H27N7OS/c1-4-22-26(33(3)27-32-25(23(15-28)36-27)18-7-5-17(2)6-8-18)34-16-19(9-12-24(34)31-22)21(30)11-10-20(29)13-14-35/h5-12,14,16H,4,13,29-30H2,1-3H3/b20-10-,21-11-. The molecule has 0 amide bonds. The van der Waals surface area contributed by atoms with E-state index in [0.29, 0.717) is 33.5 Å². The van der Waals surface area contributed by atoms with Crippen molar-refractivity contribution >= 4 is 39.9 Å². The number of carbonyl (C=O) groups excluding carboxylic acids is 1. The van der Waals surface area contributed by atoms with E-state index >= 15 is 0 Å². The van der Waals surface area contributed by atoms with Gasteiger partial charge in [-0.3, -0.25) is 4.40 Å². The summed E-state index contributed by atoms with van der Waals surface area (Å²) in [6, 6.07) is 14.1. The molecule has 4 aromatic rings. The summed E-state index contributed by atoms with van der Waals surface area (Å²) >= 11 is 1.35. The molecule has 3 aromatic heterocycles. The smallest absolute Gasteiger partial charge is 0.192 e. The number of nitrogens with zero attached hydrogens (tertiary/aromatic N) is 5. The lowest BCUT2D eigenvalue weighted by molar-refractivity contribution is -0.107. The Kier molecular flexibility index (Phi) is 7.17. The Balaban J connectivity index is 1.78. The highest BCUT2D eigenvalue weighted by atomic mass is 32.1. The molecule has 8 nitrogen and oxygen atoms in total. The number of hydrogen-bond acceptors (Lipinski definition) is 8. The van der Waals surface area contributed by atoms with Crippen LogP contribution in [0.2, 0.25) is 0 Å². The predicted molar refractivity (Wildman–Crippen MR) is 145 cm³/mol. The van der Waals surface area contributed by atoms with Crippen LogP contribution in [0.25, 0.3) is 22.6 Å². The highest BCUT2D eigenvalue weighted by Gasteiger charge is 2.22. The highest BCUT2D eigenvalue weighted by molar-refractivity contribution is 7.16. The Hall–Kier alpha value is -4.42. The molecule has 4 rings (SSSR count). The summed E-state index contributed by atoms with van der Waals surface area (Å²) in [5.74, 6) is 0.854. The number of aromatic nitrogens is 3. The van der Waals surface area contributed by atoms with Crippen LogP contribution >= 0.6 is 11.3 Å². The van der Waals surface area contributed by atoms with Crippen LogP contribution in [-0.2, 0) is 11.2 Å². The van der Waals surface area contributed by atoms with Crippen LogP contribution in [0.4, 0.5) is 10.9 Å². The van der Waals surface area contributed by atoms with Crippen molar-refractivity contribution in [3.05, 3.63) is 82.1 Å². The van der Waals surface area contributed by atoms with Crippen molar-refractivity contribution in [1.82, 2.24) is 14.4 Å². The van der Waals surface area contributed by atoms with Crippen molar-refractivity contribution in [2.45, 2.75) is 26.7 Å². The van der Waals surface area contributed by atoms with E-state index in [1.165, 1.54) is 11.3 Å². The lowest BCUT2D eigenvalue weighted by Crippen LogP contribution is -2.13. The first-order valence-corrected chi connectivity index (χ1v) is 12.3. The van der Waals surface area contributed by atoms with Crippen LogP contribution in [0, 0.1) is 18.3 Å². The van der Waals surface area contributed by atoms with E-state index in [1.807, 2.05) is 65.9 Å². The molecule has 0 aliphatic carbocycles. The summed E-state index contributed by atoms with van der Waals surface area (Å²) in [5, 5.41) is 10.5. The zero-order chi connectivity index (χ0) is 25.8. The zero-order valence-electron chi connectivity index (χ0n) is 20.4. The molecule has 0 saturated heterocycles. The fraction of sp³-hybridized carbons (Fsp3) is 0.185. The van der Waals surface area contributed by atoms with Crippen LogP contribution in [-0.4, -0.2) is 27.7 Å². The molecule has 1 aromatic carbocycles. The van der Waals surface area contributed by atoms with E-state index < -0.39 is 0 Å². The predicted octanol–water partition coefficient (Wildman–Crippen LogP) is 4.70. The summed E-state index contributed by atoms with van der Waals surface area (Å²) in [4.78, 5) is 22.8. The summed E-state index contributed by atoms with van der Waals surface area (Å²) in [6.45, 7) is 4.08. The summed E-state index contributed by atoms with van der Waals surface area (Å²) in [5.41, 5.74) is 18.2. The zero-order valence-corrected chi connectivity index (χ0v) is 21.2. The molecule has 0 saturated carbocycles. The molecule has 0 aliphatic heterocycles. The van der Waals surface area contributed by atoms with E-state index in [-0.39, 0.29) is 6.42 Å². The molecule has 0 unspecified atom stereocenters. The number of rotatable bonds is 8. The number of aldehydes is 1. The van der Waals surface area contributed by atoms with E-state index in [2.05, 4.69) is 13.0 Å². The molecule has 0 radical (unpaired) electrons. The SMILES string of the molecule is CCc1nc2ccc(/C(N)=C/C=C(\N)CC=O)cn2c1N(C)c1nc(-c2ccc(C)cc2)c(C#N)s1. The third-order valence-corrected chi connectivity index (χ3v) is 6.81. The Morgan fingerprint density at radius 2 is 1.92 bits per heavy atom. The van der Waals surface area contributed by atoms with Gasteiger partial charge in [-0.25, -0.2) is 9.97 Å². The number of anilines is 2. The minimum absolute atomic E-state index is 0.155. The number of fused-ring (bicyclic) bond motifs is 1. The largest absolute Gasteiger partial charge is 0.402 e. The summed E-state index contributed by atoms with van der Waals surface area (Å²) < 4.78 is 1.98. The van der Waals surface area contributed by atoms with Crippen LogP contribution in [0.3, 0.4) is 0 Å². The second-order valence-corrected chi connectivity index (χ2v) is 9.30. The minimum Gasteiger partial charge on any atom is -0.402 e. The van der Waals surface area contributed by atoms with Crippen molar-refractivity contribution in [1.29, 1.82) is 5.26 Å². The van der Waals surface area contributed by atoms with E-state index in [9.17, 15) is 10.1 Å². The van der Waals surface area contributed by atoms with Gasteiger partial charge < -0.3 is 21.2 Å². The molecular weight excluding hydrogens is 470 g/mol. The number of imidazole rings is 1. The van der Waals surface area contributed by atoms with Gasteiger partial charge in [-0.2, -0.15) is 5.26 Å². The monoisotopic (exact) mass is 497 g/mol. The van der Waals surface area contributed by atoms with Gasteiger partial charge in [0.2, 0.25) is 0 Å². The number of aryl methyl sites for hydroxylation is 2. The maximum absolute atomic E-state index is 10.7. The number of thiazole rings is 1. The van der Waals surface area contributed by atoms with E-state index in [4.69, 9.17) is 21.4 Å². The van der Waals surface area contributed by atoms with Gasteiger partial charge >= 0.3 is 0 Å². The van der Waals surface area contributed by atoms with Gasteiger partial charge in [-0.1, -0.05) is 48.1 Å². The average Bonchev–Trinajstić information content (AvgIpc) is 3.48. The van der Waals surface area contributed by atoms with Crippen molar-refractivity contribution in [2.75, 3.05) is 11.9 Å². The molecule has 36 heavy (non-hydrogen) atoms. The molecule has 182 valence electrons. The van der Waals surface area contributed by atoms with Gasteiger partial charge in [0.05, 0.1) is 5.69 Å². The number of hydrogen-bond donors (Lipinski definition) is 2. The van der Waals surface area contributed by atoms with Crippen LogP contribution in [0.1, 0.15) is 35.0 Å². The second kappa shape index (κ2) is 10.5. The van der Waals surface area contributed by atoms with E-state index in [1.54, 1.807) is 12.2 Å². The Morgan fingerprint density at radius 1 is 1.17 bits per heavy atom. The third kappa shape index (κ3) is 4.85. The fourth-order valence-electron chi connectivity index (χ4n) is 3.83. The third-order valence-electron chi connectivity index (χ3n) is 5.77. The van der Waals surface area contributed by atoms with Crippen molar-refractivity contribution < 1.29 is 4.79 Å². The molecular formula is C27H27N7OS. The molecule has 4 N–H and O–H groups in total. The first-order valence-electron chi connectivity index (χ1n) is 11.4. The highest BCUT2D eigenvalue weighted by Crippen LogP contribution is 2.37. The number of allylic oxidation sites excluding steroid dienone is 3. The molecule has 9 heteroatoms. The topological polar surface area (TPSA) is 126 Å². The van der Waals surface area contributed by atoms with Gasteiger partial charge in [0, 0.05) is 42.2 Å². The Labute approximate surface area is 213 Å². The van der Waals surface area contributed by atoms with Crippen molar-refractivity contribution in [3.8, 4) is 17.3 Å². The van der Waals surface area contributed by atoms with Gasteiger partial charge in [0.15, 0.2) is 5.13 Å². The number of carbonyl (C=O) groups is 1. The number of nitrogens with two attached hydrogens (primary N) is 2. The van der Waals surface area contributed by atoms with Crippen molar-refractivity contribution in [2.24, 2.45) is 11.5 Å². The number of benzene rings is 1. The van der Waals surface area contributed by atoms with Gasteiger partial charge in [0.25, 0.3) is 0 Å². The number of pyridine rings is 1. The summed E-state index contributed by atoms with van der Waals surface area (Å²) in [6.07, 6.45) is 6.87. The first-order chi connectivity index (χ1) is 17.4. The normalized spacial score (nSPS) is 12.1. The quantitative estimate of drug-likeness (QED) is 0.267. The van der Waals surface area contributed by atoms with Gasteiger partial charge in [-0.05, 0) is 37.6 Å². The van der Waals surface area contributed by atoms with Gasteiger partial charge in [-0.15, -0.1) is 0 Å². The lowest BCUT2D eigenvalue weighted by atomic mass is 10.1. The second-order valence-electron chi connectivity index (χ2n) is 8.33. The van der Waals surface area contributed by atoms with Crippen LogP contribution < -0.4 is 16.4 Å². The Morgan fingerprint density at radius 3 is 2.58 bits per heavy atom. The maximum Gasteiger partial charge on any atom is 0.192 e. The van der Waals surface area contributed by atoms with Crippen LogP contribution in [0.15, 0.2) is 60.4 Å². The Bertz CT molecular complexity index is 1520. The maximum atomic E-state index is 10.7. The molecule has 0 fully saturated rings. The minimum atomic E-state index is 0.155. The number of nitriles is 1. The first kappa shape index (κ1) is 24.7. The van der Waals surface area contributed by atoms with Crippen molar-refractivity contribution in [3.63, 3.8) is 0 Å². The van der Waals surface area contributed by atoms with E-state index in [0.717, 1.165) is 40.1 Å². The molecule has 3 heterocycles. The van der Waals surface area contributed by atoms with Gasteiger partial charge in [0.1, 0.15) is 34.4 Å². The summed E-state index contributed by atoms with van der Waals surface area (Å²) in [7, 11) is 1.93. The van der Waals surface area contributed by atoms with Crippen LogP contribution in [0.5, 0.6) is 0 Å². The fourth-order valence-corrected chi connectivity index (χ4v) is 4.68. The molecule has 0 spiro atoms. The molecule has 0 bridgehead atoms. The molecule has 0 aliphatic rings. The molecule has 0 atom stereocenters.